The molecule has 0 spiro atoms. The molecule has 1 aromatic rings. The van der Waals surface area contributed by atoms with Crippen molar-refractivity contribution in [3.8, 4) is 5.75 Å². The van der Waals surface area contributed by atoms with E-state index in [0.29, 0.717) is 5.69 Å². The van der Waals surface area contributed by atoms with Crippen LogP contribution in [0.5, 0.6) is 5.75 Å². The zero-order valence-electron chi connectivity index (χ0n) is 14.6. The highest BCUT2D eigenvalue weighted by atomic mass is 35.5. The lowest BCUT2D eigenvalue weighted by Gasteiger charge is -2.36. The highest BCUT2D eigenvalue weighted by molar-refractivity contribution is 5.85. The number of halogens is 2. The fourth-order valence-electron chi connectivity index (χ4n) is 3.24. The average molecular weight is 380 g/mol. The number of rotatable bonds is 7. The summed E-state index contributed by atoms with van der Waals surface area (Å²) in [6.07, 6.45) is 6.23. The molecular formula is C17H31Cl2N3O2. The molecule has 2 heterocycles. The van der Waals surface area contributed by atoms with Crippen LogP contribution in [0.3, 0.4) is 0 Å². The van der Waals surface area contributed by atoms with Crippen LogP contribution in [0, 0.1) is 6.92 Å². The Hall–Kier alpha value is -0.590. The van der Waals surface area contributed by atoms with Crippen molar-refractivity contribution in [2.24, 2.45) is 0 Å². The van der Waals surface area contributed by atoms with Crippen LogP contribution in [0.1, 0.15) is 55.5 Å². The number of unbranched alkanes of at least 4 members (excludes halogenated alkanes) is 2. The molecule has 0 amide bonds. The molecule has 1 aromatic heterocycles. The maximum absolute atomic E-state index is 10.6. The molecule has 2 rings (SSSR count). The average Bonchev–Trinajstić information content (AvgIpc) is 2.55. The molecule has 0 bridgehead atoms. The first-order valence-corrected chi connectivity index (χ1v) is 8.42. The molecule has 3 N–H and O–H groups in total. The third kappa shape index (κ3) is 5.74. The van der Waals surface area contributed by atoms with E-state index in [1.807, 2.05) is 6.92 Å². The summed E-state index contributed by atoms with van der Waals surface area (Å²) in [4.78, 5) is 6.62. The number of aromatic nitrogens is 1. The Labute approximate surface area is 157 Å². The topological polar surface area (TPSA) is 68.6 Å². The fraction of sp³-hybridized carbons (Fsp3) is 0.706. The smallest absolute Gasteiger partial charge is 0.141 e. The summed E-state index contributed by atoms with van der Waals surface area (Å²) in [6.45, 7) is 7.85. The van der Waals surface area contributed by atoms with Gasteiger partial charge in [-0.2, -0.15) is 0 Å². The number of aryl methyl sites for hydroxylation is 1. The molecule has 0 saturated carbocycles. The number of nitrogens with zero attached hydrogens (tertiary/aromatic N) is 2. The molecule has 1 atom stereocenters. The first kappa shape index (κ1) is 23.4. The second kappa shape index (κ2) is 11.9. The zero-order chi connectivity index (χ0) is 15.9. The molecule has 1 fully saturated rings. The summed E-state index contributed by atoms with van der Waals surface area (Å²) in [7, 11) is 0. The van der Waals surface area contributed by atoms with Gasteiger partial charge in [-0.1, -0.05) is 26.2 Å². The second-order valence-electron chi connectivity index (χ2n) is 6.09. The van der Waals surface area contributed by atoms with E-state index in [1.54, 1.807) is 6.20 Å². The Morgan fingerprint density at radius 3 is 2.50 bits per heavy atom. The Balaban J connectivity index is 0.00000264. The maximum atomic E-state index is 10.6. The summed E-state index contributed by atoms with van der Waals surface area (Å²) in [5, 5.41) is 23.6. The van der Waals surface area contributed by atoms with Crippen LogP contribution in [0.2, 0.25) is 0 Å². The van der Waals surface area contributed by atoms with Crippen LogP contribution >= 0.6 is 24.8 Å². The monoisotopic (exact) mass is 379 g/mol. The standard InChI is InChI=1S/C17H29N3O2.2ClH/c1-3-4-5-6-15(20-9-7-18-8-10-20)16-14(12-21)11-19-13(2)17(16)22;;/h11,15,18,21-22H,3-10,12H2,1-2H3;2*1H/t15-;;/m1../s1. The second-order valence-corrected chi connectivity index (χ2v) is 6.09. The molecule has 7 heteroatoms. The van der Waals surface area contributed by atoms with Gasteiger partial charge in [0.2, 0.25) is 0 Å². The minimum atomic E-state index is -0.0768. The molecule has 1 saturated heterocycles. The maximum Gasteiger partial charge on any atom is 0.141 e. The van der Waals surface area contributed by atoms with Crippen LogP contribution in [-0.4, -0.2) is 46.3 Å². The van der Waals surface area contributed by atoms with Gasteiger partial charge < -0.3 is 15.5 Å². The highest BCUT2D eigenvalue weighted by Crippen LogP contribution is 2.36. The van der Waals surface area contributed by atoms with Crippen molar-refractivity contribution in [1.82, 2.24) is 15.2 Å². The van der Waals surface area contributed by atoms with E-state index in [0.717, 1.165) is 50.1 Å². The van der Waals surface area contributed by atoms with E-state index < -0.39 is 0 Å². The number of pyridine rings is 1. The number of hydrogen-bond acceptors (Lipinski definition) is 5. The molecule has 0 unspecified atom stereocenters. The van der Waals surface area contributed by atoms with Crippen LogP contribution in [0.4, 0.5) is 0 Å². The van der Waals surface area contributed by atoms with Crippen LogP contribution in [0.25, 0.3) is 0 Å². The van der Waals surface area contributed by atoms with Gasteiger partial charge >= 0.3 is 0 Å². The Kier molecular flexibility index (Phi) is 11.6. The van der Waals surface area contributed by atoms with E-state index in [1.165, 1.54) is 12.8 Å². The summed E-state index contributed by atoms with van der Waals surface area (Å²) < 4.78 is 0. The van der Waals surface area contributed by atoms with Crippen molar-refractivity contribution in [2.75, 3.05) is 26.2 Å². The Morgan fingerprint density at radius 1 is 1.25 bits per heavy atom. The van der Waals surface area contributed by atoms with Crippen LogP contribution in [0.15, 0.2) is 6.20 Å². The Bertz CT molecular complexity index is 483. The third-order valence-corrected chi connectivity index (χ3v) is 4.53. The van der Waals surface area contributed by atoms with Crippen molar-refractivity contribution >= 4 is 24.8 Å². The number of piperazine rings is 1. The number of nitrogens with one attached hydrogen (secondary N) is 1. The molecule has 1 aliphatic rings. The number of hydrogen-bond donors (Lipinski definition) is 3. The van der Waals surface area contributed by atoms with Gasteiger partial charge in [0, 0.05) is 49.5 Å². The van der Waals surface area contributed by atoms with Gasteiger partial charge in [-0.25, -0.2) is 0 Å². The number of aliphatic hydroxyl groups is 1. The molecule has 1 aliphatic heterocycles. The number of aromatic hydroxyl groups is 1. The first-order chi connectivity index (χ1) is 10.7. The van der Waals surface area contributed by atoms with Crippen LogP contribution < -0.4 is 5.32 Å². The van der Waals surface area contributed by atoms with Crippen molar-refractivity contribution in [2.45, 2.75) is 52.2 Å². The summed E-state index contributed by atoms with van der Waals surface area (Å²) in [5.41, 5.74) is 2.28. The molecule has 0 radical (unpaired) electrons. The van der Waals surface area contributed by atoms with E-state index in [9.17, 15) is 10.2 Å². The summed E-state index contributed by atoms with van der Waals surface area (Å²) >= 11 is 0. The lowest BCUT2D eigenvalue weighted by molar-refractivity contribution is 0.157. The lowest BCUT2D eigenvalue weighted by Crippen LogP contribution is -2.45. The normalized spacial score (nSPS) is 16.1. The molecular weight excluding hydrogens is 349 g/mol. The van der Waals surface area contributed by atoms with Crippen molar-refractivity contribution in [3.63, 3.8) is 0 Å². The van der Waals surface area contributed by atoms with Crippen LogP contribution in [-0.2, 0) is 6.61 Å². The lowest BCUT2D eigenvalue weighted by atomic mass is 9.93. The van der Waals surface area contributed by atoms with Crippen molar-refractivity contribution < 1.29 is 10.2 Å². The molecule has 24 heavy (non-hydrogen) atoms. The van der Waals surface area contributed by atoms with Gasteiger partial charge in [-0.05, 0) is 13.3 Å². The summed E-state index contributed by atoms with van der Waals surface area (Å²) in [6, 6.07) is 0.164. The Morgan fingerprint density at radius 2 is 1.92 bits per heavy atom. The minimum Gasteiger partial charge on any atom is -0.506 e. The molecule has 140 valence electrons. The SMILES string of the molecule is CCCCC[C@H](c1c(CO)cnc(C)c1O)N1CCNCC1.Cl.Cl. The fourth-order valence-corrected chi connectivity index (χ4v) is 3.24. The zero-order valence-corrected chi connectivity index (χ0v) is 16.3. The number of aliphatic hydroxyl groups excluding tert-OH is 1. The predicted molar refractivity (Wildman–Crippen MR) is 102 cm³/mol. The molecule has 5 nitrogen and oxygen atoms in total. The van der Waals surface area contributed by atoms with E-state index in [4.69, 9.17) is 0 Å². The first-order valence-electron chi connectivity index (χ1n) is 8.42. The highest BCUT2D eigenvalue weighted by Gasteiger charge is 2.27. The van der Waals surface area contributed by atoms with Gasteiger partial charge in [0.1, 0.15) is 5.75 Å². The van der Waals surface area contributed by atoms with E-state index >= 15 is 0 Å². The van der Waals surface area contributed by atoms with Gasteiger partial charge in [0.15, 0.2) is 0 Å². The van der Waals surface area contributed by atoms with Gasteiger partial charge in [-0.15, -0.1) is 24.8 Å². The predicted octanol–water partition coefficient (Wildman–Crippen LogP) is 2.96. The van der Waals surface area contributed by atoms with Gasteiger partial charge in [0.25, 0.3) is 0 Å². The van der Waals surface area contributed by atoms with Crippen molar-refractivity contribution in [3.05, 3.63) is 23.0 Å². The molecule has 0 aliphatic carbocycles. The minimum absolute atomic E-state index is 0. The largest absolute Gasteiger partial charge is 0.506 e. The van der Waals surface area contributed by atoms with Gasteiger partial charge in [-0.3, -0.25) is 9.88 Å². The summed E-state index contributed by atoms with van der Waals surface area (Å²) in [5.74, 6) is 0.256. The van der Waals surface area contributed by atoms with Gasteiger partial charge in [0.05, 0.1) is 12.3 Å². The quantitative estimate of drug-likeness (QED) is 0.635. The van der Waals surface area contributed by atoms with Crippen molar-refractivity contribution in [1.29, 1.82) is 0 Å². The van der Waals surface area contributed by atoms with E-state index in [2.05, 4.69) is 22.1 Å². The third-order valence-electron chi connectivity index (χ3n) is 4.53. The molecule has 0 aromatic carbocycles. The van der Waals surface area contributed by atoms with E-state index in [-0.39, 0.29) is 43.2 Å².